The molecule has 0 spiro atoms. The van der Waals surface area contributed by atoms with Crippen molar-refractivity contribution in [1.82, 2.24) is 25.2 Å². The van der Waals surface area contributed by atoms with Crippen molar-refractivity contribution in [3.8, 4) is 11.3 Å². The van der Waals surface area contributed by atoms with Crippen molar-refractivity contribution in [2.45, 2.75) is 18.5 Å². The lowest BCUT2D eigenvalue weighted by Gasteiger charge is -2.34. The fourth-order valence-electron chi connectivity index (χ4n) is 4.47. The minimum absolute atomic E-state index is 0. The topological polar surface area (TPSA) is 69.2 Å². The van der Waals surface area contributed by atoms with Crippen LogP contribution in [-0.2, 0) is 0 Å². The Morgan fingerprint density at radius 3 is 2.58 bits per heavy atom. The summed E-state index contributed by atoms with van der Waals surface area (Å²) in [6, 6.07) is 10.5. The Balaban J connectivity index is 0.00000259. The van der Waals surface area contributed by atoms with Crippen LogP contribution in [-0.4, -0.2) is 78.4 Å². The molecule has 0 radical (unpaired) electrons. The number of pyridine rings is 1. The Morgan fingerprint density at radius 1 is 1.09 bits per heavy atom. The molecule has 2 aliphatic heterocycles. The Morgan fingerprint density at radius 2 is 1.85 bits per heavy atom. The first kappa shape index (κ1) is 23.7. The van der Waals surface area contributed by atoms with Crippen LogP contribution in [0.2, 0.25) is 0 Å². The summed E-state index contributed by atoms with van der Waals surface area (Å²) in [6.07, 6.45) is 4.71. The molecule has 3 aromatic rings. The van der Waals surface area contributed by atoms with E-state index in [-0.39, 0.29) is 20.0 Å². The lowest BCUT2D eigenvalue weighted by molar-refractivity contribution is 0.137. The second-order valence-corrected chi connectivity index (χ2v) is 8.90. The number of piperidine rings is 1. The Kier molecular flexibility index (Phi) is 7.31. The Bertz CT molecular complexity index is 1060. The quantitative estimate of drug-likeness (QED) is 0.595. The molecule has 9 heteroatoms. The summed E-state index contributed by atoms with van der Waals surface area (Å²) in [7, 11) is 2.16. The van der Waals surface area contributed by atoms with Gasteiger partial charge in [-0.05, 0) is 44.6 Å². The van der Waals surface area contributed by atoms with Gasteiger partial charge in [0, 0.05) is 56.4 Å². The molecule has 1 atom stereocenters. The van der Waals surface area contributed by atoms with Crippen LogP contribution in [0.15, 0.2) is 42.7 Å². The number of aromatic nitrogens is 3. The van der Waals surface area contributed by atoms with Crippen LogP contribution in [0.1, 0.15) is 12.8 Å². The molecule has 2 aromatic heterocycles. The van der Waals surface area contributed by atoms with Gasteiger partial charge in [-0.25, -0.2) is 14.4 Å². The first-order valence-electron chi connectivity index (χ1n) is 11.4. The first-order valence-corrected chi connectivity index (χ1v) is 11.4. The van der Waals surface area contributed by atoms with Gasteiger partial charge in [0.2, 0.25) is 0 Å². The van der Waals surface area contributed by atoms with Crippen molar-refractivity contribution in [2.75, 3.05) is 63.1 Å². The van der Waals surface area contributed by atoms with Crippen LogP contribution < -0.4 is 15.5 Å². The molecule has 2 aliphatic rings. The molecule has 5 rings (SSSR count). The van der Waals surface area contributed by atoms with Gasteiger partial charge in [0.1, 0.15) is 11.2 Å². The van der Waals surface area contributed by atoms with Crippen molar-refractivity contribution in [2.24, 2.45) is 0 Å². The van der Waals surface area contributed by atoms with Crippen LogP contribution in [0.5, 0.6) is 0 Å². The van der Waals surface area contributed by atoms with Crippen molar-refractivity contribution in [3.05, 3.63) is 42.7 Å². The van der Waals surface area contributed by atoms with E-state index in [1.54, 1.807) is 12.4 Å². The fraction of sp³-hybridized carbons (Fsp3) is 0.458. The summed E-state index contributed by atoms with van der Waals surface area (Å²) in [5.74, 6) is 0.580. The molecule has 0 amide bonds. The van der Waals surface area contributed by atoms with E-state index in [0.717, 1.165) is 55.9 Å². The Hall–Kier alpha value is -2.49. The van der Waals surface area contributed by atoms with E-state index in [2.05, 4.69) is 61.7 Å². The lowest BCUT2D eigenvalue weighted by atomic mass is 9.96. The Labute approximate surface area is 201 Å². The van der Waals surface area contributed by atoms with Crippen molar-refractivity contribution >= 4 is 36.0 Å². The zero-order valence-electron chi connectivity index (χ0n) is 19.0. The van der Waals surface area contributed by atoms with Gasteiger partial charge in [0.25, 0.3) is 0 Å². The highest BCUT2D eigenvalue weighted by molar-refractivity contribution is 7.59. The lowest BCUT2D eigenvalue weighted by Crippen LogP contribution is -2.46. The zero-order chi connectivity index (χ0) is 22.0. The molecule has 33 heavy (non-hydrogen) atoms. The fourth-order valence-corrected chi connectivity index (χ4v) is 4.47. The standard InChI is InChI=1S/C24H30FN7.H2S/c1-31-11-13-32(14-12-31)19-5-3-18(4-6-19)20-15-21-22(28-10-9-27-21)23(30-20)29-17-24(25)7-2-8-26-16-24;/h3-6,9-10,15,26H,2,7-8,11-14,16-17H2,1H3,(H,29,30);1H2/t24-;/m0./s1. The van der Waals surface area contributed by atoms with E-state index in [0.29, 0.717) is 24.3 Å². The van der Waals surface area contributed by atoms with E-state index < -0.39 is 5.67 Å². The van der Waals surface area contributed by atoms with Gasteiger partial charge in [-0.15, -0.1) is 0 Å². The molecule has 0 saturated carbocycles. The summed E-state index contributed by atoms with van der Waals surface area (Å²) in [5.41, 5.74) is 3.17. The van der Waals surface area contributed by atoms with E-state index in [9.17, 15) is 0 Å². The van der Waals surface area contributed by atoms with E-state index in [4.69, 9.17) is 4.98 Å². The number of nitrogens with one attached hydrogen (secondary N) is 2. The summed E-state index contributed by atoms with van der Waals surface area (Å²) in [4.78, 5) is 18.5. The normalized spacial score (nSPS) is 21.6. The van der Waals surface area contributed by atoms with E-state index in [1.807, 2.05) is 6.07 Å². The largest absolute Gasteiger partial charge is 0.369 e. The highest BCUT2D eigenvalue weighted by Crippen LogP contribution is 2.29. The van der Waals surface area contributed by atoms with Crippen LogP contribution in [0, 0.1) is 0 Å². The molecule has 7 nitrogen and oxygen atoms in total. The van der Waals surface area contributed by atoms with Crippen LogP contribution in [0.25, 0.3) is 22.3 Å². The van der Waals surface area contributed by atoms with Crippen LogP contribution in [0.4, 0.5) is 15.9 Å². The van der Waals surface area contributed by atoms with Gasteiger partial charge in [-0.3, -0.25) is 4.98 Å². The van der Waals surface area contributed by atoms with Crippen molar-refractivity contribution < 1.29 is 4.39 Å². The maximum atomic E-state index is 15.1. The molecule has 0 unspecified atom stereocenters. The number of fused-ring (bicyclic) bond motifs is 1. The summed E-state index contributed by atoms with van der Waals surface area (Å²) >= 11 is 0. The second-order valence-electron chi connectivity index (χ2n) is 8.90. The average Bonchev–Trinajstić information content (AvgIpc) is 2.83. The molecule has 2 fully saturated rings. The van der Waals surface area contributed by atoms with Gasteiger partial charge < -0.3 is 20.4 Å². The molecular weight excluding hydrogens is 437 g/mol. The summed E-state index contributed by atoms with van der Waals surface area (Å²) in [5, 5.41) is 6.38. The number of hydrogen-bond acceptors (Lipinski definition) is 7. The second kappa shape index (κ2) is 10.2. The highest BCUT2D eigenvalue weighted by atomic mass is 32.1. The number of nitrogens with zero attached hydrogens (tertiary/aromatic N) is 5. The van der Waals surface area contributed by atoms with E-state index >= 15 is 4.39 Å². The third-order valence-electron chi connectivity index (χ3n) is 6.48. The number of halogens is 1. The van der Waals surface area contributed by atoms with Crippen molar-refractivity contribution in [1.29, 1.82) is 0 Å². The van der Waals surface area contributed by atoms with Crippen LogP contribution >= 0.6 is 13.5 Å². The molecule has 2 N–H and O–H groups in total. The maximum Gasteiger partial charge on any atom is 0.155 e. The number of alkyl halides is 1. The van der Waals surface area contributed by atoms with Gasteiger partial charge in [0.05, 0.1) is 17.8 Å². The summed E-state index contributed by atoms with van der Waals surface area (Å²) < 4.78 is 15.1. The number of hydrogen-bond donors (Lipinski definition) is 2. The first-order chi connectivity index (χ1) is 15.6. The number of anilines is 2. The highest BCUT2D eigenvalue weighted by Gasteiger charge is 2.31. The SMILES string of the molecule is CN1CCN(c2ccc(-c3cc4nccnc4c(NC[C@]4(F)CCCNC4)n3)cc2)CC1.S. The third kappa shape index (κ3) is 5.37. The number of likely N-dealkylation sites (N-methyl/N-ethyl adjacent to an activating group) is 1. The molecule has 4 heterocycles. The third-order valence-corrected chi connectivity index (χ3v) is 6.48. The number of benzene rings is 1. The smallest absolute Gasteiger partial charge is 0.155 e. The van der Waals surface area contributed by atoms with Crippen LogP contribution in [0.3, 0.4) is 0 Å². The van der Waals surface area contributed by atoms with Gasteiger partial charge in [-0.2, -0.15) is 13.5 Å². The predicted molar refractivity (Wildman–Crippen MR) is 137 cm³/mol. The van der Waals surface area contributed by atoms with Gasteiger partial charge >= 0.3 is 0 Å². The van der Waals surface area contributed by atoms with Gasteiger partial charge in [-0.1, -0.05) is 12.1 Å². The minimum Gasteiger partial charge on any atom is -0.369 e. The minimum atomic E-state index is -1.28. The number of rotatable bonds is 5. The zero-order valence-corrected chi connectivity index (χ0v) is 20.0. The van der Waals surface area contributed by atoms with Gasteiger partial charge in [0.15, 0.2) is 5.82 Å². The number of piperazine rings is 1. The molecule has 176 valence electrons. The summed E-state index contributed by atoms with van der Waals surface area (Å²) in [6.45, 7) is 5.65. The molecule has 1 aromatic carbocycles. The molecule has 0 aliphatic carbocycles. The van der Waals surface area contributed by atoms with E-state index in [1.165, 1.54) is 5.69 Å². The predicted octanol–water partition coefficient (Wildman–Crippen LogP) is 3.06. The average molecular weight is 470 g/mol. The maximum absolute atomic E-state index is 15.1. The monoisotopic (exact) mass is 469 g/mol. The molecular formula is C24H32FN7S. The van der Waals surface area contributed by atoms with Crippen molar-refractivity contribution in [3.63, 3.8) is 0 Å². The molecule has 2 saturated heterocycles. The molecule has 0 bridgehead atoms.